The van der Waals surface area contributed by atoms with Crippen molar-refractivity contribution in [1.29, 1.82) is 5.26 Å². The lowest BCUT2D eigenvalue weighted by atomic mass is 10.00. The van der Waals surface area contributed by atoms with Crippen LogP contribution in [0, 0.1) is 11.3 Å². The number of carbonyl (C=O) groups is 3. The van der Waals surface area contributed by atoms with Crippen LogP contribution in [0.15, 0.2) is 72.8 Å². The Bertz CT molecular complexity index is 1500. The van der Waals surface area contributed by atoms with Crippen molar-refractivity contribution >= 4 is 40.4 Å². The van der Waals surface area contributed by atoms with E-state index in [0.29, 0.717) is 27.8 Å². The maximum atomic E-state index is 13.1. The van der Waals surface area contributed by atoms with Crippen LogP contribution in [0.2, 0.25) is 0 Å². The monoisotopic (exact) mass is 494 g/mol. The fraction of sp³-hybridized carbons (Fsp3) is 0.179. The van der Waals surface area contributed by atoms with Gasteiger partial charge in [0.1, 0.15) is 0 Å². The number of hydrogen-bond donors (Lipinski definition) is 2. The molecule has 3 aromatic carbocycles. The molecule has 0 aliphatic heterocycles. The number of nitrogens with two attached hydrogens (primary N) is 1. The number of amides is 3. The Kier molecular flexibility index (Phi) is 7.30. The molecule has 9 nitrogen and oxygen atoms in total. The number of hydrogen-bond acceptors (Lipinski definition) is 5. The topological polar surface area (TPSA) is 134 Å². The molecule has 3 N–H and O–H groups in total. The molecule has 1 unspecified atom stereocenters. The summed E-state index contributed by atoms with van der Waals surface area (Å²) in [5.41, 5.74) is 8.95. The van der Waals surface area contributed by atoms with Gasteiger partial charge in [0.25, 0.3) is 5.91 Å². The molecule has 1 atom stereocenters. The normalized spacial score (nSPS) is 11.5. The lowest BCUT2D eigenvalue weighted by Crippen LogP contribution is -2.30. The number of benzene rings is 3. The number of aryl methyl sites for hydroxylation is 1. The average Bonchev–Trinajstić information content (AvgIpc) is 3.26. The number of likely N-dealkylation sites (N-methyl/N-ethyl adjacent to an activating group) is 1. The molecule has 1 heterocycles. The van der Waals surface area contributed by atoms with Gasteiger partial charge in [0.2, 0.25) is 17.8 Å². The molecular formula is C28H26N6O3. The molecule has 0 spiro atoms. The van der Waals surface area contributed by atoms with Crippen LogP contribution in [0.25, 0.3) is 11.0 Å². The van der Waals surface area contributed by atoms with E-state index in [-0.39, 0.29) is 30.7 Å². The SMILES string of the molecule is CC(C(=O)N(C)c1ccc2c(c1)nc(NC(=O)c1ccc(C#N)cc1)n2CCC(N)=O)c1ccccc1. The van der Waals surface area contributed by atoms with Crippen LogP contribution in [0.3, 0.4) is 0 Å². The van der Waals surface area contributed by atoms with Crippen LogP contribution in [0.4, 0.5) is 11.6 Å². The number of nitrogens with one attached hydrogen (secondary N) is 1. The van der Waals surface area contributed by atoms with E-state index < -0.39 is 11.8 Å². The largest absolute Gasteiger partial charge is 0.370 e. The number of rotatable bonds is 8. The van der Waals surface area contributed by atoms with Gasteiger partial charge in [-0.1, -0.05) is 30.3 Å². The predicted octanol–water partition coefficient (Wildman–Crippen LogP) is 3.80. The minimum Gasteiger partial charge on any atom is -0.370 e. The Labute approximate surface area is 214 Å². The number of nitriles is 1. The van der Waals surface area contributed by atoms with Gasteiger partial charge in [-0.3, -0.25) is 19.7 Å². The van der Waals surface area contributed by atoms with Crippen molar-refractivity contribution in [1.82, 2.24) is 9.55 Å². The molecule has 37 heavy (non-hydrogen) atoms. The molecule has 0 radical (unpaired) electrons. The Morgan fingerprint density at radius 1 is 1.08 bits per heavy atom. The van der Waals surface area contributed by atoms with Crippen molar-refractivity contribution in [3.8, 4) is 6.07 Å². The number of nitrogens with zero attached hydrogens (tertiary/aromatic N) is 4. The third kappa shape index (κ3) is 5.49. The summed E-state index contributed by atoms with van der Waals surface area (Å²) in [5.74, 6) is -1.06. The van der Waals surface area contributed by atoms with E-state index in [1.54, 1.807) is 59.0 Å². The summed E-state index contributed by atoms with van der Waals surface area (Å²) in [6, 6.07) is 23.1. The fourth-order valence-corrected chi connectivity index (χ4v) is 4.04. The maximum Gasteiger partial charge on any atom is 0.257 e. The number of aromatic nitrogens is 2. The van der Waals surface area contributed by atoms with Gasteiger partial charge < -0.3 is 15.2 Å². The summed E-state index contributed by atoms with van der Waals surface area (Å²) in [6.45, 7) is 2.08. The molecule has 186 valence electrons. The summed E-state index contributed by atoms with van der Waals surface area (Å²) in [6.07, 6.45) is 0.0555. The van der Waals surface area contributed by atoms with Crippen molar-refractivity contribution in [2.45, 2.75) is 25.8 Å². The van der Waals surface area contributed by atoms with Crippen molar-refractivity contribution in [2.24, 2.45) is 5.73 Å². The summed E-state index contributed by atoms with van der Waals surface area (Å²) in [5, 5.41) is 11.8. The van der Waals surface area contributed by atoms with Crippen molar-refractivity contribution in [2.75, 3.05) is 17.3 Å². The fourth-order valence-electron chi connectivity index (χ4n) is 4.04. The van der Waals surface area contributed by atoms with Gasteiger partial charge in [0, 0.05) is 31.3 Å². The van der Waals surface area contributed by atoms with Gasteiger partial charge in [-0.05, 0) is 55.0 Å². The van der Waals surface area contributed by atoms with Crippen LogP contribution in [0.1, 0.15) is 40.7 Å². The van der Waals surface area contributed by atoms with Crippen LogP contribution >= 0.6 is 0 Å². The lowest BCUT2D eigenvalue weighted by molar-refractivity contribution is -0.119. The van der Waals surface area contributed by atoms with Gasteiger partial charge in [-0.15, -0.1) is 0 Å². The second-order valence-corrected chi connectivity index (χ2v) is 8.65. The molecule has 0 fully saturated rings. The quantitative estimate of drug-likeness (QED) is 0.384. The van der Waals surface area contributed by atoms with E-state index in [1.165, 1.54) is 0 Å². The number of anilines is 2. The molecule has 0 saturated heterocycles. The molecule has 0 saturated carbocycles. The Balaban J connectivity index is 1.64. The molecule has 0 aliphatic carbocycles. The molecule has 3 amide bonds. The number of fused-ring (bicyclic) bond motifs is 1. The first-order valence-corrected chi connectivity index (χ1v) is 11.7. The number of primary amides is 1. The zero-order valence-electron chi connectivity index (χ0n) is 20.5. The second-order valence-electron chi connectivity index (χ2n) is 8.65. The van der Waals surface area contributed by atoms with Gasteiger partial charge in [-0.2, -0.15) is 5.26 Å². The highest BCUT2D eigenvalue weighted by atomic mass is 16.2. The summed E-state index contributed by atoms with van der Waals surface area (Å²) in [7, 11) is 1.71. The van der Waals surface area contributed by atoms with E-state index in [9.17, 15) is 14.4 Å². The third-order valence-electron chi connectivity index (χ3n) is 6.20. The number of imidazole rings is 1. The van der Waals surface area contributed by atoms with Gasteiger partial charge in [0.05, 0.1) is 28.6 Å². The molecule has 1 aromatic heterocycles. The van der Waals surface area contributed by atoms with Gasteiger partial charge >= 0.3 is 0 Å². The predicted molar refractivity (Wildman–Crippen MR) is 141 cm³/mol. The van der Waals surface area contributed by atoms with Crippen molar-refractivity contribution in [3.63, 3.8) is 0 Å². The van der Waals surface area contributed by atoms with Crippen LogP contribution < -0.4 is 16.0 Å². The van der Waals surface area contributed by atoms with E-state index >= 15 is 0 Å². The van der Waals surface area contributed by atoms with Crippen molar-refractivity contribution in [3.05, 3.63) is 89.5 Å². The first kappa shape index (κ1) is 25.1. The summed E-state index contributed by atoms with van der Waals surface area (Å²) < 4.78 is 1.71. The van der Waals surface area contributed by atoms with Gasteiger partial charge in [-0.25, -0.2) is 4.98 Å². The highest BCUT2D eigenvalue weighted by Gasteiger charge is 2.22. The number of carbonyl (C=O) groups excluding carboxylic acids is 3. The summed E-state index contributed by atoms with van der Waals surface area (Å²) in [4.78, 5) is 43.7. The van der Waals surface area contributed by atoms with Crippen LogP contribution in [0.5, 0.6) is 0 Å². The minimum absolute atomic E-state index is 0.0555. The molecule has 4 rings (SSSR count). The molecule has 0 bridgehead atoms. The minimum atomic E-state index is -0.483. The third-order valence-corrected chi connectivity index (χ3v) is 6.20. The Hall–Kier alpha value is -4.97. The van der Waals surface area contributed by atoms with E-state index in [4.69, 9.17) is 11.0 Å². The lowest BCUT2D eigenvalue weighted by Gasteiger charge is -2.22. The van der Waals surface area contributed by atoms with E-state index in [2.05, 4.69) is 10.3 Å². The summed E-state index contributed by atoms with van der Waals surface area (Å²) >= 11 is 0. The Morgan fingerprint density at radius 3 is 2.43 bits per heavy atom. The smallest absolute Gasteiger partial charge is 0.257 e. The van der Waals surface area contributed by atoms with E-state index in [0.717, 1.165) is 5.56 Å². The average molecular weight is 495 g/mol. The zero-order chi connectivity index (χ0) is 26.5. The van der Waals surface area contributed by atoms with Crippen LogP contribution in [-0.2, 0) is 16.1 Å². The van der Waals surface area contributed by atoms with Crippen molar-refractivity contribution < 1.29 is 14.4 Å². The molecular weight excluding hydrogens is 468 g/mol. The Morgan fingerprint density at radius 2 is 1.78 bits per heavy atom. The van der Waals surface area contributed by atoms with Gasteiger partial charge in [0.15, 0.2) is 0 Å². The molecule has 4 aromatic rings. The molecule has 9 heteroatoms. The first-order valence-electron chi connectivity index (χ1n) is 11.7. The zero-order valence-corrected chi connectivity index (χ0v) is 20.5. The maximum absolute atomic E-state index is 13.1. The standard InChI is InChI=1S/C28H26N6O3/c1-18(20-6-4-3-5-7-20)27(37)33(2)22-12-13-24-23(16-22)31-28(34(24)15-14-25(30)35)32-26(36)21-10-8-19(17-29)9-11-21/h3-13,16,18H,14-15H2,1-2H3,(H2,30,35)(H,31,32,36). The second kappa shape index (κ2) is 10.7. The highest BCUT2D eigenvalue weighted by molar-refractivity contribution is 6.04. The molecule has 0 aliphatic rings. The first-order chi connectivity index (χ1) is 17.8. The highest BCUT2D eigenvalue weighted by Crippen LogP contribution is 2.27. The van der Waals surface area contributed by atoms with Crippen LogP contribution in [-0.4, -0.2) is 34.3 Å². The van der Waals surface area contributed by atoms with E-state index in [1.807, 2.05) is 43.3 Å².